The number of halogens is 3. The molecule has 0 aromatic heterocycles. The fourth-order valence-corrected chi connectivity index (χ4v) is 1.07. The van der Waals surface area contributed by atoms with Crippen LogP contribution in [0.5, 0.6) is 0 Å². The highest BCUT2D eigenvalue weighted by Gasteiger charge is 2.34. The maximum atomic E-state index is 12.6. The Bertz CT molecular complexity index is 436. The summed E-state index contributed by atoms with van der Waals surface area (Å²) in [6, 6.07) is 4.79. The van der Waals surface area contributed by atoms with E-state index in [1.165, 1.54) is 18.2 Å². The molecule has 0 heterocycles. The third kappa shape index (κ3) is 3.65. The first-order valence-corrected chi connectivity index (χ1v) is 5.26. The normalized spacial score (nSPS) is 12.1. The average Bonchev–Trinajstić information content (AvgIpc) is 2.23. The van der Waals surface area contributed by atoms with Crippen LogP contribution in [0.2, 0.25) is 0 Å². The summed E-state index contributed by atoms with van der Waals surface area (Å²) < 4.78 is 37.9. The molecular formula is C12H14F3NO2. The van der Waals surface area contributed by atoms with E-state index in [4.69, 9.17) is 0 Å². The summed E-state index contributed by atoms with van der Waals surface area (Å²) in [7, 11) is 0. The fraction of sp³-hybridized carbons (Fsp3) is 0.417. The van der Waals surface area contributed by atoms with Gasteiger partial charge < -0.3 is 4.84 Å². The summed E-state index contributed by atoms with van der Waals surface area (Å²) in [6.07, 6.45) is -4.50. The van der Waals surface area contributed by atoms with E-state index < -0.39 is 23.1 Å². The predicted molar refractivity (Wildman–Crippen MR) is 60.6 cm³/mol. The van der Waals surface area contributed by atoms with Crippen molar-refractivity contribution in [2.45, 2.75) is 26.9 Å². The molecule has 0 aliphatic heterocycles. The second-order valence-electron chi connectivity index (χ2n) is 4.78. The standard InChI is InChI=1S/C12H14F3NO2/c1-11(2,3)10(17)18-16-9-7-5-4-6-8(9)12(13,14)15/h4-7,16H,1-3H3. The van der Waals surface area contributed by atoms with Gasteiger partial charge in [0.25, 0.3) is 0 Å². The molecule has 0 fully saturated rings. The Morgan fingerprint density at radius 3 is 2.22 bits per heavy atom. The molecule has 0 bridgehead atoms. The number of benzene rings is 1. The van der Waals surface area contributed by atoms with E-state index >= 15 is 0 Å². The molecule has 0 aliphatic carbocycles. The molecule has 6 heteroatoms. The topological polar surface area (TPSA) is 38.3 Å². The Hall–Kier alpha value is -1.72. The van der Waals surface area contributed by atoms with Crippen LogP contribution in [0, 0.1) is 5.41 Å². The Kier molecular flexibility index (Phi) is 3.88. The number of hydrogen-bond donors (Lipinski definition) is 1. The number of nitrogens with one attached hydrogen (secondary N) is 1. The molecule has 3 nitrogen and oxygen atoms in total. The minimum absolute atomic E-state index is 0.289. The third-order valence-electron chi connectivity index (χ3n) is 2.10. The summed E-state index contributed by atoms with van der Waals surface area (Å²) in [6.45, 7) is 4.81. The minimum Gasteiger partial charge on any atom is -0.343 e. The van der Waals surface area contributed by atoms with Gasteiger partial charge in [-0.05, 0) is 32.9 Å². The SMILES string of the molecule is CC(C)(C)C(=O)ONc1ccccc1C(F)(F)F. The zero-order chi connectivity index (χ0) is 14.0. The van der Waals surface area contributed by atoms with Crippen LogP contribution in [0.4, 0.5) is 18.9 Å². The molecule has 18 heavy (non-hydrogen) atoms. The van der Waals surface area contributed by atoms with Crippen molar-refractivity contribution in [2.24, 2.45) is 5.41 Å². The van der Waals surface area contributed by atoms with Crippen molar-refractivity contribution >= 4 is 11.7 Å². The molecule has 1 rings (SSSR count). The van der Waals surface area contributed by atoms with Gasteiger partial charge >= 0.3 is 12.1 Å². The number of alkyl halides is 3. The third-order valence-corrected chi connectivity index (χ3v) is 2.10. The molecule has 0 saturated carbocycles. The summed E-state index contributed by atoms with van der Waals surface area (Å²) in [4.78, 5) is 16.1. The van der Waals surface area contributed by atoms with E-state index in [-0.39, 0.29) is 5.69 Å². The Morgan fingerprint density at radius 2 is 1.72 bits per heavy atom. The van der Waals surface area contributed by atoms with Crippen LogP contribution < -0.4 is 5.48 Å². The van der Waals surface area contributed by atoms with Gasteiger partial charge in [0.1, 0.15) is 0 Å². The fourth-order valence-electron chi connectivity index (χ4n) is 1.07. The first-order chi connectivity index (χ1) is 8.12. The molecule has 0 spiro atoms. The highest BCUT2D eigenvalue weighted by atomic mass is 19.4. The molecule has 0 atom stereocenters. The number of carbonyl (C=O) groups excluding carboxylic acids is 1. The van der Waals surface area contributed by atoms with Gasteiger partial charge in [-0.15, -0.1) is 0 Å². The van der Waals surface area contributed by atoms with E-state index in [1.54, 1.807) is 20.8 Å². The zero-order valence-electron chi connectivity index (χ0n) is 10.3. The van der Waals surface area contributed by atoms with Gasteiger partial charge in [-0.25, -0.2) is 10.3 Å². The molecule has 1 N–H and O–H groups in total. The summed E-state index contributed by atoms with van der Waals surface area (Å²) >= 11 is 0. The molecule has 0 unspecified atom stereocenters. The summed E-state index contributed by atoms with van der Waals surface area (Å²) in [5.74, 6) is -0.639. The van der Waals surface area contributed by atoms with E-state index in [9.17, 15) is 18.0 Å². The Balaban J connectivity index is 2.84. The van der Waals surface area contributed by atoms with Crippen LogP contribution in [0.15, 0.2) is 24.3 Å². The summed E-state index contributed by atoms with van der Waals surface area (Å²) in [5.41, 5.74) is 0.0931. The second-order valence-corrected chi connectivity index (χ2v) is 4.78. The number of para-hydroxylation sites is 1. The van der Waals surface area contributed by atoms with Crippen molar-refractivity contribution in [1.29, 1.82) is 0 Å². The van der Waals surface area contributed by atoms with Crippen LogP contribution >= 0.6 is 0 Å². The molecule has 0 amide bonds. The maximum Gasteiger partial charge on any atom is 0.418 e. The smallest absolute Gasteiger partial charge is 0.343 e. The maximum absolute atomic E-state index is 12.6. The zero-order valence-corrected chi connectivity index (χ0v) is 10.3. The van der Waals surface area contributed by atoms with Gasteiger partial charge in [0.05, 0.1) is 16.7 Å². The Morgan fingerprint density at radius 1 is 1.17 bits per heavy atom. The molecule has 0 radical (unpaired) electrons. The van der Waals surface area contributed by atoms with Crippen LogP contribution in [-0.4, -0.2) is 5.97 Å². The highest BCUT2D eigenvalue weighted by molar-refractivity contribution is 5.76. The second kappa shape index (κ2) is 4.88. The first kappa shape index (κ1) is 14.3. The van der Waals surface area contributed by atoms with Crippen LogP contribution in [0.3, 0.4) is 0 Å². The number of hydrogen-bond acceptors (Lipinski definition) is 3. The monoisotopic (exact) mass is 261 g/mol. The van der Waals surface area contributed by atoms with E-state index in [0.717, 1.165) is 6.07 Å². The lowest BCUT2D eigenvalue weighted by atomic mass is 9.98. The predicted octanol–water partition coefficient (Wildman–Crippen LogP) is 3.62. The molecular weight excluding hydrogens is 247 g/mol. The highest BCUT2D eigenvalue weighted by Crippen LogP contribution is 2.34. The van der Waals surface area contributed by atoms with Crippen molar-refractivity contribution in [3.8, 4) is 0 Å². The van der Waals surface area contributed by atoms with Crippen molar-refractivity contribution < 1.29 is 22.8 Å². The lowest BCUT2D eigenvalue weighted by Gasteiger charge is -2.18. The largest absolute Gasteiger partial charge is 0.418 e. The lowest BCUT2D eigenvalue weighted by Crippen LogP contribution is -2.26. The average molecular weight is 261 g/mol. The van der Waals surface area contributed by atoms with Crippen molar-refractivity contribution in [1.82, 2.24) is 0 Å². The molecule has 1 aromatic carbocycles. The summed E-state index contributed by atoms with van der Waals surface area (Å²) in [5, 5.41) is 0. The minimum atomic E-state index is -4.50. The molecule has 0 saturated heterocycles. The number of anilines is 1. The van der Waals surface area contributed by atoms with Gasteiger partial charge in [-0.3, -0.25) is 0 Å². The van der Waals surface area contributed by atoms with Gasteiger partial charge in [0.15, 0.2) is 0 Å². The van der Waals surface area contributed by atoms with E-state index in [0.29, 0.717) is 0 Å². The quantitative estimate of drug-likeness (QED) is 0.826. The van der Waals surface area contributed by atoms with Crippen LogP contribution in [0.1, 0.15) is 26.3 Å². The van der Waals surface area contributed by atoms with E-state index in [1.807, 2.05) is 0 Å². The number of carbonyl (C=O) groups is 1. The van der Waals surface area contributed by atoms with Crippen LogP contribution in [-0.2, 0) is 15.8 Å². The number of rotatable bonds is 2. The first-order valence-electron chi connectivity index (χ1n) is 5.26. The van der Waals surface area contributed by atoms with Crippen molar-refractivity contribution in [3.05, 3.63) is 29.8 Å². The van der Waals surface area contributed by atoms with Crippen molar-refractivity contribution in [2.75, 3.05) is 5.48 Å². The lowest BCUT2D eigenvalue weighted by molar-refractivity contribution is -0.150. The molecule has 1 aromatic rings. The van der Waals surface area contributed by atoms with Gasteiger partial charge in [0.2, 0.25) is 0 Å². The van der Waals surface area contributed by atoms with Crippen molar-refractivity contribution in [3.63, 3.8) is 0 Å². The van der Waals surface area contributed by atoms with E-state index in [2.05, 4.69) is 10.3 Å². The van der Waals surface area contributed by atoms with Gasteiger partial charge in [-0.2, -0.15) is 13.2 Å². The van der Waals surface area contributed by atoms with Crippen LogP contribution in [0.25, 0.3) is 0 Å². The van der Waals surface area contributed by atoms with Gasteiger partial charge in [-0.1, -0.05) is 12.1 Å². The molecule has 0 aliphatic rings. The van der Waals surface area contributed by atoms with Gasteiger partial charge in [0, 0.05) is 0 Å². The Labute approximate surface area is 103 Å². The molecule has 100 valence electrons.